The standard InChI is InChI=1S/C4H10N2/c1-4(6)2-3-5/h3-4H,1-2,5-6H2. The molecule has 6 heavy (non-hydrogen) atoms. The van der Waals surface area contributed by atoms with Gasteiger partial charge in [-0.3, -0.25) is 0 Å². The first kappa shape index (κ1) is 5.92. The van der Waals surface area contributed by atoms with Crippen LogP contribution in [-0.4, -0.2) is 6.04 Å². The van der Waals surface area contributed by atoms with Crippen molar-refractivity contribution in [2.24, 2.45) is 11.5 Å². The number of rotatable bonds is 2. The van der Waals surface area contributed by atoms with Gasteiger partial charge >= 0.3 is 0 Å². The molecule has 0 aliphatic heterocycles. The average molecular weight is 86.1 g/mol. The summed E-state index contributed by atoms with van der Waals surface area (Å²) < 4.78 is 0. The molecule has 0 aromatic rings. The van der Waals surface area contributed by atoms with Gasteiger partial charge in [-0.15, -0.1) is 0 Å². The van der Waals surface area contributed by atoms with Gasteiger partial charge in [0.15, 0.2) is 0 Å². The first-order valence-corrected chi connectivity index (χ1v) is 1.89. The summed E-state index contributed by atoms with van der Waals surface area (Å²) in [5.41, 5.74) is 10.2. The summed E-state index contributed by atoms with van der Waals surface area (Å²) in [6.45, 7) is 5.01. The monoisotopic (exact) mass is 86.1 g/mol. The van der Waals surface area contributed by atoms with Crippen molar-refractivity contribution in [1.29, 1.82) is 0 Å². The van der Waals surface area contributed by atoms with E-state index in [1.807, 2.05) is 0 Å². The van der Waals surface area contributed by atoms with Crippen LogP contribution < -0.4 is 11.5 Å². The fourth-order valence-corrected chi connectivity index (χ4v) is 0.175. The lowest BCUT2D eigenvalue weighted by Gasteiger charge is -1.96. The number of hydrogen-bond acceptors (Lipinski definition) is 2. The van der Waals surface area contributed by atoms with Crippen molar-refractivity contribution < 1.29 is 0 Å². The van der Waals surface area contributed by atoms with Crippen molar-refractivity contribution in [2.75, 3.05) is 0 Å². The van der Waals surface area contributed by atoms with Crippen molar-refractivity contribution in [1.82, 2.24) is 0 Å². The second-order valence-electron chi connectivity index (χ2n) is 1.23. The van der Waals surface area contributed by atoms with E-state index in [-0.39, 0.29) is 6.04 Å². The molecule has 4 N–H and O–H groups in total. The minimum atomic E-state index is -0.0324. The minimum absolute atomic E-state index is 0.0324. The van der Waals surface area contributed by atoms with Gasteiger partial charge in [-0.2, -0.15) is 0 Å². The van der Waals surface area contributed by atoms with E-state index in [4.69, 9.17) is 11.5 Å². The Hall–Kier alpha value is -0.0800. The SMILES string of the molecule is [CH2]C(N)C[CH]N. The van der Waals surface area contributed by atoms with E-state index in [0.717, 1.165) is 0 Å². The highest BCUT2D eigenvalue weighted by Crippen LogP contribution is 1.81. The first-order valence-electron chi connectivity index (χ1n) is 1.89. The highest BCUT2D eigenvalue weighted by molar-refractivity contribution is 4.68. The van der Waals surface area contributed by atoms with Crippen LogP contribution in [0.4, 0.5) is 0 Å². The molecule has 0 aromatic heterocycles. The molecule has 2 radical (unpaired) electrons. The molecule has 0 spiro atoms. The topological polar surface area (TPSA) is 52.0 Å². The van der Waals surface area contributed by atoms with E-state index in [2.05, 4.69) is 6.92 Å². The fraction of sp³-hybridized carbons (Fsp3) is 0.500. The summed E-state index contributed by atoms with van der Waals surface area (Å²) >= 11 is 0. The van der Waals surface area contributed by atoms with Gasteiger partial charge in [0.1, 0.15) is 0 Å². The van der Waals surface area contributed by atoms with Gasteiger partial charge in [0.25, 0.3) is 0 Å². The maximum absolute atomic E-state index is 5.18. The molecule has 0 rings (SSSR count). The Morgan fingerprint density at radius 3 is 2.33 bits per heavy atom. The Balaban J connectivity index is 2.63. The molecule has 0 heterocycles. The predicted molar refractivity (Wildman–Crippen MR) is 26.4 cm³/mol. The maximum Gasteiger partial charge on any atom is 0.0207 e. The zero-order valence-electron chi connectivity index (χ0n) is 3.72. The Morgan fingerprint density at radius 1 is 1.83 bits per heavy atom. The molecule has 0 fully saturated rings. The van der Waals surface area contributed by atoms with Crippen molar-refractivity contribution in [3.05, 3.63) is 13.5 Å². The highest BCUT2D eigenvalue weighted by Gasteiger charge is 1.86. The molecule has 0 aliphatic rings. The Morgan fingerprint density at radius 2 is 2.33 bits per heavy atom. The van der Waals surface area contributed by atoms with E-state index < -0.39 is 0 Å². The number of hydrogen-bond donors (Lipinski definition) is 2. The van der Waals surface area contributed by atoms with E-state index >= 15 is 0 Å². The molecule has 0 amide bonds. The van der Waals surface area contributed by atoms with Crippen LogP contribution in [0.25, 0.3) is 0 Å². The Kier molecular flexibility index (Phi) is 3.08. The highest BCUT2D eigenvalue weighted by atomic mass is 14.6. The van der Waals surface area contributed by atoms with Crippen LogP contribution in [0, 0.1) is 13.5 Å². The second kappa shape index (κ2) is 3.12. The molecular weight excluding hydrogens is 76.1 g/mol. The van der Waals surface area contributed by atoms with Gasteiger partial charge in [0.05, 0.1) is 0 Å². The summed E-state index contributed by atoms with van der Waals surface area (Å²) in [6.07, 6.45) is 0.694. The van der Waals surface area contributed by atoms with Gasteiger partial charge in [-0.05, 0) is 13.3 Å². The Bertz CT molecular complexity index is 26.7. The zero-order chi connectivity index (χ0) is 4.99. The van der Waals surface area contributed by atoms with Gasteiger partial charge in [-0.25, -0.2) is 0 Å². The largest absolute Gasteiger partial charge is 0.328 e. The van der Waals surface area contributed by atoms with E-state index in [0.29, 0.717) is 6.42 Å². The third kappa shape index (κ3) is 3.92. The van der Waals surface area contributed by atoms with Crippen LogP contribution in [0.15, 0.2) is 0 Å². The molecule has 0 aromatic carbocycles. The van der Waals surface area contributed by atoms with Crippen molar-refractivity contribution >= 4 is 0 Å². The molecular formula is C4H10N2. The number of nitrogens with two attached hydrogens (primary N) is 2. The third-order valence-corrected chi connectivity index (χ3v) is 0.439. The van der Waals surface area contributed by atoms with Crippen LogP contribution in [0.1, 0.15) is 6.42 Å². The van der Waals surface area contributed by atoms with Crippen LogP contribution >= 0.6 is 0 Å². The predicted octanol–water partition coefficient (Wildman–Crippen LogP) is -0.342. The Labute approximate surface area is 38.5 Å². The second-order valence-corrected chi connectivity index (χ2v) is 1.23. The fourth-order valence-electron chi connectivity index (χ4n) is 0.175. The molecule has 1 unspecified atom stereocenters. The zero-order valence-corrected chi connectivity index (χ0v) is 3.72. The van der Waals surface area contributed by atoms with Gasteiger partial charge in [0, 0.05) is 12.6 Å². The minimum Gasteiger partial charge on any atom is -0.328 e. The van der Waals surface area contributed by atoms with Gasteiger partial charge in [0.2, 0.25) is 0 Å². The molecule has 0 bridgehead atoms. The molecule has 36 valence electrons. The van der Waals surface area contributed by atoms with Crippen LogP contribution in [0.2, 0.25) is 0 Å². The van der Waals surface area contributed by atoms with Crippen LogP contribution in [0.5, 0.6) is 0 Å². The quantitative estimate of drug-likeness (QED) is 0.483. The molecule has 0 aliphatic carbocycles. The molecule has 2 heteroatoms. The van der Waals surface area contributed by atoms with Crippen molar-refractivity contribution in [3.63, 3.8) is 0 Å². The molecule has 0 saturated carbocycles. The van der Waals surface area contributed by atoms with Crippen LogP contribution in [0.3, 0.4) is 0 Å². The maximum atomic E-state index is 5.18. The van der Waals surface area contributed by atoms with Gasteiger partial charge in [-0.1, -0.05) is 0 Å². The van der Waals surface area contributed by atoms with Crippen molar-refractivity contribution in [3.8, 4) is 0 Å². The van der Waals surface area contributed by atoms with E-state index in [9.17, 15) is 0 Å². The van der Waals surface area contributed by atoms with Crippen LogP contribution in [-0.2, 0) is 0 Å². The van der Waals surface area contributed by atoms with E-state index in [1.54, 1.807) is 0 Å². The molecule has 0 saturated heterocycles. The molecule has 2 nitrogen and oxygen atoms in total. The van der Waals surface area contributed by atoms with Crippen molar-refractivity contribution in [2.45, 2.75) is 12.5 Å². The third-order valence-electron chi connectivity index (χ3n) is 0.439. The summed E-state index contributed by atoms with van der Waals surface area (Å²) in [6, 6.07) is -0.0324. The van der Waals surface area contributed by atoms with E-state index in [1.165, 1.54) is 6.54 Å². The summed E-state index contributed by atoms with van der Waals surface area (Å²) in [4.78, 5) is 0. The summed E-state index contributed by atoms with van der Waals surface area (Å²) in [5.74, 6) is 0. The lowest BCUT2D eigenvalue weighted by Crippen LogP contribution is -2.16. The lowest BCUT2D eigenvalue weighted by atomic mass is 10.3. The average Bonchev–Trinajstić information content (AvgIpc) is 1.35. The first-order chi connectivity index (χ1) is 2.77. The smallest absolute Gasteiger partial charge is 0.0207 e. The summed E-state index contributed by atoms with van der Waals surface area (Å²) in [5, 5.41) is 0. The van der Waals surface area contributed by atoms with Gasteiger partial charge < -0.3 is 11.5 Å². The summed E-state index contributed by atoms with van der Waals surface area (Å²) in [7, 11) is 0. The lowest BCUT2D eigenvalue weighted by molar-refractivity contribution is 0.785. The normalized spacial score (nSPS) is 14.5. The molecule has 1 atom stereocenters.